The van der Waals surface area contributed by atoms with Crippen LogP contribution in [-0.2, 0) is 23.7 Å². The highest BCUT2D eigenvalue weighted by Gasteiger charge is 2.48. The number of rotatable bonds is 17. The maximum Gasteiger partial charge on any atom is 0.124 e. The van der Waals surface area contributed by atoms with E-state index in [0.717, 1.165) is 25.7 Å². The molecular weight excluding hydrogens is 462 g/mol. The van der Waals surface area contributed by atoms with Crippen molar-refractivity contribution in [3.8, 4) is 0 Å². The molecule has 2 rings (SSSR count). The molecule has 1 saturated carbocycles. The van der Waals surface area contributed by atoms with Crippen molar-refractivity contribution in [1.82, 2.24) is 0 Å². The third-order valence-corrected chi connectivity index (χ3v) is 6.70. The summed E-state index contributed by atoms with van der Waals surface area (Å²) in [6.45, 7) is 11.2. The van der Waals surface area contributed by atoms with Gasteiger partial charge in [-0.25, -0.2) is 9.98 Å². The molecule has 1 heterocycles. The van der Waals surface area contributed by atoms with Gasteiger partial charge in [0.05, 0.1) is 45.2 Å². The number of allylic oxidation sites excluding steroid dienone is 1. The monoisotopic (exact) mass is 509 g/mol. The highest BCUT2D eigenvalue weighted by atomic mass is 16.6. The molecule has 1 aliphatic heterocycles. The van der Waals surface area contributed by atoms with Gasteiger partial charge in [0.2, 0.25) is 0 Å². The van der Waals surface area contributed by atoms with Gasteiger partial charge in [0.25, 0.3) is 0 Å². The molecule has 5 atom stereocenters. The minimum absolute atomic E-state index is 0.0128. The number of methoxy groups -OCH3 is 1. The van der Waals surface area contributed by atoms with Gasteiger partial charge < -0.3 is 34.5 Å². The van der Waals surface area contributed by atoms with Gasteiger partial charge in [-0.15, -0.1) is 0 Å². The maximum atomic E-state index is 11.1. The van der Waals surface area contributed by atoms with Gasteiger partial charge in [-0.1, -0.05) is 39.2 Å². The van der Waals surface area contributed by atoms with Gasteiger partial charge >= 0.3 is 0 Å². The zero-order chi connectivity index (χ0) is 26.2. The van der Waals surface area contributed by atoms with Crippen molar-refractivity contribution >= 4 is 12.1 Å². The van der Waals surface area contributed by atoms with E-state index in [1.54, 1.807) is 19.4 Å². The van der Waals surface area contributed by atoms with Crippen LogP contribution in [-0.4, -0.2) is 88.8 Å². The lowest BCUT2D eigenvalue weighted by Crippen LogP contribution is -2.56. The van der Waals surface area contributed by atoms with Crippen molar-refractivity contribution in [2.45, 2.75) is 64.3 Å². The molecule has 0 aromatic heterocycles. The van der Waals surface area contributed by atoms with Crippen LogP contribution in [0.2, 0.25) is 0 Å². The van der Waals surface area contributed by atoms with Gasteiger partial charge in [-0.05, 0) is 25.3 Å². The molecule has 9 nitrogen and oxygen atoms in total. The Morgan fingerprint density at radius 1 is 1.14 bits per heavy atom. The summed E-state index contributed by atoms with van der Waals surface area (Å²) in [7, 11) is 1.65. The Kier molecular flexibility index (Phi) is 15.1. The molecule has 1 unspecified atom stereocenters. The van der Waals surface area contributed by atoms with E-state index in [2.05, 4.69) is 23.5 Å². The summed E-state index contributed by atoms with van der Waals surface area (Å²) in [6.07, 6.45) is 9.89. The van der Waals surface area contributed by atoms with Crippen LogP contribution < -0.4 is 5.73 Å². The Balaban J connectivity index is 1.87. The Hall–Kier alpha value is -1.62. The van der Waals surface area contributed by atoms with E-state index in [-0.39, 0.29) is 24.0 Å². The van der Waals surface area contributed by atoms with Crippen LogP contribution in [0, 0.1) is 17.8 Å². The smallest absolute Gasteiger partial charge is 0.124 e. The van der Waals surface area contributed by atoms with Gasteiger partial charge in [0, 0.05) is 37.9 Å². The predicted molar refractivity (Wildman–Crippen MR) is 142 cm³/mol. The summed E-state index contributed by atoms with van der Waals surface area (Å²) in [5.74, 6) is 1.79. The summed E-state index contributed by atoms with van der Waals surface area (Å²) < 4.78 is 27.8. The molecular formula is C27H47N3O6. The zero-order valence-corrected chi connectivity index (χ0v) is 22.3. The summed E-state index contributed by atoms with van der Waals surface area (Å²) >= 11 is 0. The lowest BCUT2D eigenvalue weighted by Gasteiger charge is -2.49. The van der Waals surface area contributed by atoms with Crippen molar-refractivity contribution in [2.24, 2.45) is 33.5 Å². The molecule has 2 fully saturated rings. The topological polar surface area (TPSA) is 117 Å². The molecule has 206 valence electrons. The second-order valence-electron chi connectivity index (χ2n) is 9.39. The quantitative estimate of drug-likeness (QED) is 0.102. The van der Waals surface area contributed by atoms with Crippen molar-refractivity contribution in [2.75, 3.05) is 53.3 Å². The van der Waals surface area contributed by atoms with E-state index in [9.17, 15) is 5.11 Å². The fourth-order valence-electron chi connectivity index (χ4n) is 4.72. The predicted octanol–water partition coefficient (Wildman–Crippen LogP) is 3.12. The van der Waals surface area contributed by atoms with E-state index in [1.165, 1.54) is 6.42 Å². The molecule has 36 heavy (non-hydrogen) atoms. The van der Waals surface area contributed by atoms with Crippen molar-refractivity contribution < 1.29 is 28.8 Å². The number of nitrogens with two attached hydrogens (primary N) is 1. The molecule has 0 amide bonds. The third kappa shape index (κ3) is 10.4. The number of hydrogen-bond acceptors (Lipinski definition) is 8. The number of ether oxygens (including phenoxy) is 5. The lowest BCUT2D eigenvalue weighted by atomic mass is 9.64. The first kappa shape index (κ1) is 30.6. The first-order valence-electron chi connectivity index (χ1n) is 13.3. The molecule has 0 aromatic carbocycles. The van der Waals surface area contributed by atoms with Crippen molar-refractivity contribution in [1.29, 1.82) is 0 Å². The Labute approximate surface area is 216 Å². The fraction of sp³-hybridized carbons (Fsp3) is 0.778. The molecule has 1 aliphatic carbocycles. The number of aliphatic hydroxyl groups is 1. The molecule has 9 heteroatoms. The maximum absolute atomic E-state index is 11.1. The second kappa shape index (κ2) is 17.8. The van der Waals surface area contributed by atoms with Crippen LogP contribution in [0.15, 0.2) is 34.6 Å². The van der Waals surface area contributed by atoms with Crippen LogP contribution in [0.3, 0.4) is 0 Å². The van der Waals surface area contributed by atoms with E-state index in [4.69, 9.17) is 29.4 Å². The number of aliphatic imine (C=N–C) groups is 2. The molecule has 0 radical (unpaired) electrons. The first-order chi connectivity index (χ1) is 17.5. The summed E-state index contributed by atoms with van der Waals surface area (Å²) in [5, 5.41) is 11.1. The van der Waals surface area contributed by atoms with Gasteiger partial charge in [-0.2, -0.15) is 0 Å². The van der Waals surface area contributed by atoms with Crippen molar-refractivity contribution in [3.63, 3.8) is 0 Å². The number of amidine groups is 1. The van der Waals surface area contributed by atoms with Crippen LogP contribution in [0.1, 0.15) is 46.0 Å². The lowest BCUT2D eigenvalue weighted by molar-refractivity contribution is -0.192. The Morgan fingerprint density at radius 3 is 2.50 bits per heavy atom. The van der Waals surface area contributed by atoms with E-state index in [0.29, 0.717) is 63.7 Å². The number of hydrogen-bond donors (Lipinski definition) is 2. The summed E-state index contributed by atoms with van der Waals surface area (Å²) in [5.41, 5.74) is 5.36. The molecule has 3 N–H and O–H groups in total. The summed E-state index contributed by atoms with van der Waals surface area (Å²) in [4.78, 5) is 9.02. The average Bonchev–Trinajstić information content (AvgIpc) is 2.82. The highest BCUT2D eigenvalue weighted by Crippen LogP contribution is 2.44. The fourth-order valence-corrected chi connectivity index (χ4v) is 4.72. The molecule has 0 bridgehead atoms. The minimum Gasteiger partial charge on any atom is -0.492 e. The standard InChI is InChI=1S/C27H47N3O6/c1-5-7-24-23(26(22-8-6-9-22)27(31)25(36-24)19-32-4)18-30-21(3)29-12-10-20(2)35-17-16-34-15-14-33-13-11-28/h10,12,18,22-27,31H,2,5-9,11,13-17,19,28H2,1,3-4H3/b12-10-,29-21?,30-18?/t23?,24-,25-,26-,27+/m1/s1. The molecule has 1 saturated heterocycles. The highest BCUT2D eigenvalue weighted by molar-refractivity contribution is 5.88. The van der Waals surface area contributed by atoms with Crippen LogP contribution in [0.4, 0.5) is 0 Å². The number of nitrogens with zero attached hydrogens (tertiary/aromatic N) is 2. The zero-order valence-electron chi connectivity index (χ0n) is 22.3. The normalized spacial score (nSPS) is 27.6. The van der Waals surface area contributed by atoms with Gasteiger partial charge in [0.1, 0.15) is 24.3 Å². The molecule has 0 spiro atoms. The Morgan fingerprint density at radius 2 is 1.86 bits per heavy atom. The van der Waals surface area contributed by atoms with Crippen LogP contribution in [0.5, 0.6) is 0 Å². The number of aliphatic hydroxyl groups excluding tert-OH is 1. The van der Waals surface area contributed by atoms with E-state index in [1.807, 2.05) is 13.1 Å². The summed E-state index contributed by atoms with van der Waals surface area (Å²) in [6, 6.07) is 0. The first-order valence-corrected chi connectivity index (χ1v) is 13.3. The van der Waals surface area contributed by atoms with Crippen LogP contribution in [0.25, 0.3) is 0 Å². The van der Waals surface area contributed by atoms with Gasteiger partial charge in [0.15, 0.2) is 0 Å². The minimum atomic E-state index is -0.556. The SMILES string of the molecule is C=C(/C=C\N=C(C)N=CC1[C@@H](C2CCC2)[C@@H](O)[C@@H](COC)O[C@@H]1CCC)OCCOCCOCCN. The second-order valence-corrected chi connectivity index (χ2v) is 9.39. The van der Waals surface area contributed by atoms with E-state index >= 15 is 0 Å². The van der Waals surface area contributed by atoms with Crippen LogP contribution >= 0.6 is 0 Å². The molecule has 0 aromatic rings. The largest absolute Gasteiger partial charge is 0.492 e. The molecule has 2 aliphatic rings. The Bertz CT molecular complexity index is 710. The van der Waals surface area contributed by atoms with Gasteiger partial charge in [-0.3, -0.25) is 0 Å². The average molecular weight is 510 g/mol. The van der Waals surface area contributed by atoms with Crippen molar-refractivity contribution in [3.05, 3.63) is 24.6 Å². The third-order valence-electron chi connectivity index (χ3n) is 6.70. The van der Waals surface area contributed by atoms with E-state index < -0.39 is 6.10 Å².